The minimum Gasteiger partial charge on any atom is -0.382 e. The Balaban J connectivity index is 1.98. The molecule has 0 amide bonds. The van der Waals surface area contributed by atoms with Crippen LogP contribution < -0.4 is 10.5 Å². The summed E-state index contributed by atoms with van der Waals surface area (Å²) < 4.78 is 34.1. The maximum atomic E-state index is 12.2. The van der Waals surface area contributed by atoms with Crippen LogP contribution in [0.25, 0.3) is 0 Å². The van der Waals surface area contributed by atoms with Crippen LogP contribution in [0.1, 0.15) is 37.9 Å². The summed E-state index contributed by atoms with van der Waals surface area (Å²) in [5.74, 6) is 0. The summed E-state index contributed by atoms with van der Waals surface area (Å²) in [5, 5.41) is 0. The van der Waals surface area contributed by atoms with Crippen LogP contribution in [0.5, 0.6) is 0 Å². The largest absolute Gasteiger partial charge is 0.382 e. The smallest absolute Gasteiger partial charge is 0.242 e. The van der Waals surface area contributed by atoms with Gasteiger partial charge in [-0.05, 0) is 32.3 Å². The highest BCUT2D eigenvalue weighted by Crippen LogP contribution is 2.37. The summed E-state index contributed by atoms with van der Waals surface area (Å²) in [5.41, 5.74) is 6.55. The third-order valence-corrected chi connectivity index (χ3v) is 4.76. The summed E-state index contributed by atoms with van der Waals surface area (Å²) in [7, 11) is -3.45. The molecule has 1 saturated carbocycles. The summed E-state index contributed by atoms with van der Waals surface area (Å²) in [6.07, 6.45) is 4.57. The highest BCUT2D eigenvalue weighted by atomic mass is 32.2. The lowest BCUT2D eigenvalue weighted by atomic mass is 10.4. The zero-order valence-corrected chi connectivity index (χ0v) is 12.7. The predicted molar refractivity (Wildman–Crippen MR) is 76.9 cm³/mol. The predicted octanol–water partition coefficient (Wildman–Crippen LogP) is 0.987. The zero-order valence-electron chi connectivity index (χ0n) is 11.8. The van der Waals surface area contributed by atoms with Gasteiger partial charge in [0, 0.05) is 44.2 Å². The number of nitrogens with two attached hydrogens (primary N) is 1. The normalized spacial score (nSPS) is 15.7. The van der Waals surface area contributed by atoms with Crippen molar-refractivity contribution in [3.8, 4) is 0 Å². The molecular formula is C13H23N3O3S. The lowest BCUT2D eigenvalue weighted by molar-refractivity contribution is 0.146. The maximum absolute atomic E-state index is 12.2. The van der Waals surface area contributed by atoms with E-state index in [-0.39, 0.29) is 0 Å². The molecular weight excluding hydrogens is 278 g/mol. The van der Waals surface area contributed by atoms with Gasteiger partial charge in [-0.25, -0.2) is 13.1 Å². The van der Waals surface area contributed by atoms with Crippen LogP contribution in [0.15, 0.2) is 17.2 Å². The van der Waals surface area contributed by atoms with Gasteiger partial charge < -0.3 is 15.0 Å². The molecule has 7 heteroatoms. The zero-order chi connectivity index (χ0) is 14.6. The van der Waals surface area contributed by atoms with Crippen LogP contribution in [0, 0.1) is 0 Å². The number of hydrogen-bond donors (Lipinski definition) is 2. The molecule has 0 aromatic carbocycles. The van der Waals surface area contributed by atoms with Crippen molar-refractivity contribution >= 4 is 10.0 Å². The Hall–Kier alpha value is -0.890. The fraction of sp³-hybridized carbons (Fsp3) is 0.692. The van der Waals surface area contributed by atoms with E-state index in [0.717, 1.165) is 18.5 Å². The van der Waals surface area contributed by atoms with E-state index in [0.29, 0.717) is 43.7 Å². The van der Waals surface area contributed by atoms with E-state index in [1.165, 1.54) is 0 Å². The molecule has 1 heterocycles. The molecule has 114 valence electrons. The maximum Gasteiger partial charge on any atom is 0.242 e. The van der Waals surface area contributed by atoms with Gasteiger partial charge in [0.05, 0.1) is 4.90 Å². The first kappa shape index (κ1) is 15.5. The van der Waals surface area contributed by atoms with Crippen LogP contribution in [-0.4, -0.2) is 32.7 Å². The Labute approximate surface area is 120 Å². The number of aromatic nitrogens is 1. The molecule has 0 spiro atoms. The lowest BCUT2D eigenvalue weighted by Gasteiger charge is -2.05. The number of nitrogens with zero attached hydrogens (tertiary/aromatic N) is 1. The van der Waals surface area contributed by atoms with Crippen molar-refractivity contribution in [2.45, 2.75) is 43.7 Å². The van der Waals surface area contributed by atoms with Crippen molar-refractivity contribution in [2.75, 3.05) is 19.8 Å². The Morgan fingerprint density at radius 3 is 2.85 bits per heavy atom. The Bertz CT molecular complexity index is 535. The first-order chi connectivity index (χ1) is 9.58. The standard InChI is InChI=1S/C13H23N3O3S/c1-2-19-7-3-6-15-20(17,18)13-8-12(9-14)16(10-13)11-4-5-11/h8,10-11,15H,2-7,9,14H2,1H3. The van der Waals surface area contributed by atoms with E-state index in [1.807, 2.05) is 11.5 Å². The highest BCUT2D eigenvalue weighted by Gasteiger charge is 2.27. The third kappa shape index (κ3) is 3.82. The molecule has 1 aliphatic rings. The molecule has 0 bridgehead atoms. The second-order valence-corrected chi connectivity index (χ2v) is 6.72. The Kier molecular flexibility index (Phi) is 5.20. The van der Waals surface area contributed by atoms with Gasteiger partial charge in [-0.15, -0.1) is 0 Å². The van der Waals surface area contributed by atoms with E-state index < -0.39 is 10.0 Å². The fourth-order valence-electron chi connectivity index (χ4n) is 2.11. The van der Waals surface area contributed by atoms with Gasteiger partial charge in [0.25, 0.3) is 0 Å². The molecule has 1 aliphatic carbocycles. The van der Waals surface area contributed by atoms with E-state index >= 15 is 0 Å². The monoisotopic (exact) mass is 301 g/mol. The first-order valence-corrected chi connectivity index (χ1v) is 8.55. The van der Waals surface area contributed by atoms with Gasteiger partial charge in [-0.2, -0.15) is 0 Å². The van der Waals surface area contributed by atoms with Gasteiger partial charge in [-0.3, -0.25) is 0 Å². The molecule has 0 radical (unpaired) electrons. The number of nitrogens with one attached hydrogen (secondary N) is 1. The number of hydrogen-bond acceptors (Lipinski definition) is 4. The average molecular weight is 301 g/mol. The van der Waals surface area contributed by atoms with E-state index in [9.17, 15) is 8.42 Å². The SMILES string of the molecule is CCOCCCNS(=O)(=O)c1cc(CN)n(C2CC2)c1. The van der Waals surface area contributed by atoms with Crippen LogP contribution in [-0.2, 0) is 21.3 Å². The van der Waals surface area contributed by atoms with Gasteiger partial charge in [0.2, 0.25) is 10.0 Å². The molecule has 0 aliphatic heterocycles. The molecule has 3 N–H and O–H groups in total. The van der Waals surface area contributed by atoms with Crippen molar-refractivity contribution in [3.05, 3.63) is 18.0 Å². The number of sulfonamides is 1. The Morgan fingerprint density at radius 1 is 1.50 bits per heavy atom. The molecule has 20 heavy (non-hydrogen) atoms. The van der Waals surface area contributed by atoms with Gasteiger partial charge in [0.1, 0.15) is 0 Å². The van der Waals surface area contributed by atoms with Gasteiger partial charge >= 0.3 is 0 Å². The summed E-state index contributed by atoms with van der Waals surface area (Å²) in [4.78, 5) is 0.307. The molecule has 1 fully saturated rings. The summed E-state index contributed by atoms with van der Waals surface area (Å²) in [6, 6.07) is 2.10. The molecule has 0 atom stereocenters. The fourth-order valence-corrected chi connectivity index (χ4v) is 3.23. The second-order valence-electron chi connectivity index (χ2n) is 4.96. The summed E-state index contributed by atoms with van der Waals surface area (Å²) in [6.45, 7) is 3.87. The van der Waals surface area contributed by atoms with Crippen molar-refractivity contribution in [3.63, 3.8) is 0 Å². The molecule has 2 rings (SSSR count). The van der Waals surface area contributed by atoms with Crippen molar-refractivity contribution in [1.29, 1.82) is 0 Å². The van der Waals surface area contributed by atoms with Crippen LogP contribution in [0.2, 0.25) is 0 Å². The molecule has 0 saturated heterocycles. The third-order valence-electron chi connectivity index (χ3n) is 3.33. The minimum atomic E-state index is -3.45. The van der Waals surface area contributed by atoms with Crippen molar-refractivity contribution in [2.24, 2.45) is 5.73 Å². The van der Waals surface area contributed by atoms with Gasteiger partial charge in [0.15, 0.2) is 0 Å². The van der Waals surface area contributed by atoms with Crippen LogP contribution >= 0.6 is 0 Å². The van der Waals surface area contributed by atoms with Crippen LogP contribution in [0.3, 0.4) is 0 Å². The molecule has 1 aromatic rings. The average Bonchev–Trinajstić information content (AvgIpc) is 3.17. The minimum absolute atomic E-state index is 0.307. The van der Waals surface area contributed by atoms with E-state index in [4.69, 9.17) is 10.5 Å². The Morgan fingerprint density at radius 2 is 2.25 bits per heavy atom. The lowest BCUT2D eigenvalue weighted by Crippen LogP contribution is -2.25. The highest BCUT2D eigenvalue weighted by molar-refractivity contribution is 7.89. The molecule has 1 aromatic heterocycles. The first-order valence-electron chi connectivity index (χ1n) is 7.06. The number of rotatable bonds is 9. The summed E-state index contributed by atoms with van der Waals surface area (Å²) >= 11 is 0. The topological polar surface area (TPSA) is 86.3 Å². The molecule has 0 unspecified atom stereocenters. The van der Waals surface area contributed by atoms with Crippen molar-refractivity contribution < 1.29 is 13.2 Å². The van der Waals surface area contributed by atoms with Gasteiger partial charge in [-0.1, -0.05) is 0 Å². The second kappa shape index (κ2) is 6.71. The number of ether oxygens (including phenoxy) is 1. The quantitative estimate of drug-likeness (QED) is 0.666. The van der Waals surface area contributed by atoms with E-state index in [2.05, 4.69) is 4.72 Å². The van der Waals surface area contributed by atoms with E-state index in [1.54, 1.807) is 12.3 Å². The molecule has 6 nitrogen and oxygen atoms in total. The van der Waals surface area contributed by atoms with Crippen molar-refractivity contribution in [1.82, 2.24) is 9.29 Å². The van der Waals surface area contributed by atoms with Crippen LogP contribution in [0.4, 0.5) is 0 Å².